The van der Waals surface area contributed by atoms with E-state index in [2.05, 4.69) is 5.10 Å². The molecule has 1 aliphatic carbocycles. The second kappa shape index (κ2) is 3.80. The molecule has 0 fully saturated rings. The van der Waals surface area contributed by atoms with Crippen molar-refractivity contribution in [3.63, 3.8) is 0 Å². The first kappa shape index (κ1) is 10.2. The zero-order valence-electron chi connectivity index (χ0n) is 9.19. The third kappa shape index (κ3) is 1.65. The van der Waals surface area contributed by atoms with Crippen molar-refractivity contribution in [3.8, 4) is 5.69 Å². The highest BCUT2D eigenvalue weighted by Gasteiger charge is 2.22. The quantitative estimate of drug-likeness (QED) is 0.754. The van der Waals surface area contributed by atoms with Gasteiger partial charge in [-0.3, -0.25) is 4.79 Å². The number of halogens is 1. The lowest BCUT2D eigenvalue weighted by atomic mass is 9.97. The molecule has 86 valence electrons. The zero-order chi connectivity index (χ0) is 11.8. The number of rotatable bonds is 1. The second-order valence-electron chi connectivity index (χ2n) is 4.18. The van der Waals surface area contributed by atoms with Gasteiger partial charge in [-0.05, 0) is 37.1 Å². The molecule has 0 radical (unpaired) electrons. The predicted octanol–water partition coefficient (Wildman–Crippen LogP) is 2.53. The normalized spacial score (nSPS) is 14.8. The molecule has 1 aromatic carbocycles. The molecule has 1 heterocycles. The van der Waals surface area contributed by atoms with Gasteiger partial charge >= 0.3 is 0 Å². The number of fused-ring (bicyclic) bond motifs is 1. The van der Waals surface area contributed by atoms with Gasteiger partial charge in [0.05, 0.1) is 11.9 Å². The van der Waals surface area contributed by atoms with E-state index in [4.69, 9.17) is 0 Å². The summed E-state index contributed by atoms with van der Waals surface area (Å²) in [6.45, 7) is 0. The first-order chi connectivity index (χ1) is 8.25. The number of aryl methyl sites for hydroxylation is 1. The molecule has 3 nitrogen and oxygen atoms in total. The van der Waals surface area contributed by atoms with Crippen molar-refractivity contribution in [2.24, 2.45) is 0 Å². The van der Waals surface area contributed by atoms with Crippen LogP contribution < -0.4 is 0 Å². The van der Waals surface area contributed by atoms with Crippen molar-refractivity contribution in [1.29, 1.82) is 0 Å². The van der Waals surface area contributed by atoms with Crippen LogP contribution in [0.2, 0.25) is 0 Å². The fourth-order valence-corrected chi connectivity index (χ4v) is 2.20. The minimum atomic E-state index is -0.291. The molecule has 1 aliphatic rings. The van der Waals surface area contributed by atoms with Gasteiger partial charge in [0.25, 0.3) is 0 Å². The number of aromatic nitrogens is 2. The SMILES string of the molecule is O=C1CCCc2cnn(-c3ccc(F)cc3)c21. The van der Waals surface area contributed by atoms with E-state index in [1.54, 1.807) is 23.0 Å². The summed E-state index contributed by atoms with van der Waals surface area (Å²) in [6, 6.07) is 6.00. The van der Waals surface area contributed by atoms with E-state index in [9.17, 15) is 9.18 Å². The number of carbonyl (C=O) groups excluding carboxylic acids is 1. The molecule has 0 saturated carbocycles. The van der Waals surface area contributed by atoms with E-state index in [0.29, 0.717) is 12.1 Å². The number of hydrogen-bond donors (Lipinski definition) is 0. The van der Waals surface area contributed by atoms with Gasteiger partial charge in [0.15, 0.2) is 5.78 Å². The summed E-state index contributed by atoms with van der Waals surface area (Å²) >= 11 is 0. The Hall–Kier alpha value is -1.97. The van der Waals surface area contributed by atoms with Gasteiger partial charge in [-0.15, -0.1) is 0 Å². The minimum absolute atomic E-state index is 0.119. The molecule has 0 spiro atoms. The fourth-order valence-electron chi connectivity index (χ4n) is 2.20. The van der Waals surface area contributed by atoms with Crippen molar-refractivity contribution in [3.05, 3.63) is 47.5 Å². The Morgan fingerprint density at radius 1 is 1.18 bits per heavy atom. The van der Waals surface area contributed by atoms with Gasteiger partial charge < -0.3 is 0 Å². The topological polar surface area (TPSA) is 34.9 Å². The molecule has 0 atom stereocenters. The highest BCUT2D eigenvalue weighted by molar-refractivity contribution is 5.97. The molecule has 0 saturated heterocycles. The van der Waals surface area contributed by atoms with E-state index < -0.39 is 0 Å². The number of benzene rings is 1. The summed E-state index contributed by atoms with van der Waals surface area (Å²) in [5.74, 6) is -0.172. The van der Waals surface area contributed by atoms with Crippen molar-refractivity contribution >= 4 is 5.78 Å². The average molecular weight is 230 g/mol. The maximum Gasteiger partial charge on any atom is 0.181 e. The largest absolute Gasteiger partial charge is 0.292 e. The Morgan fingerprint density at radius 2 is 1.94 bits per heavy atom. The van der Waals surface area contributed by atoms with E-state index in [1.165, 1.54) is 12.1 Å². The molecular formula is C13H11FN2O. The molecule has 0 bridgehead atoms. The van der Waals surface area contributed by atoms with Crippen LogP contribution in [0.15, 0.2) is 30.5 Å². The van der Waals surface area contributed by atoms with E-state index in [1.807, 2.05) is 0 Å². The van der Waals surface area contributed by atoms with E-state index in [-0.39, 0.29) is 11.6 Å². The monoisotopic (exact) mass is 230 g/mol. The predicted molar refractivity (Wildman–Crippen MR) is 60.8 cm³/mol. The van der Waals surface area contributed by atoms with Gasteiger partial charge in [-0.25, -0.2) is 9.07 Å². The molecule has 3 rings (SSSR count). The summed E-state index contributed by atoms with van der Waals surface area (Å²) in [4.78, 5) is 11.9. The lowest BCUT2D eigenvalue weighted by molar-refractivity contribution is 0.0965. The smallest absolute Gasteiger partial charge is 0.181 e. The highest BCUT2D eigenvalue weighted by atomic mass is 19.1. The third-order valence-electron chi connectivity index (χ3n) is 3.03. The molecule has 2 aromatic rings. The van der Waals surface area contributed by atoms with E-state index in [0.717, 1.165) is 24.1 Å². The number of carbonyl (C=O) groups is 1. The molecular weight excluding hydrogens is 219 g/mol. The van der Waals surface area contributed by atoms with E-state index >= 15 is 0 Å². The molecule has 17 heavy (non-hydrogen) atoms. The van der Waals surface area contributed by atoms with Gasteiger partial charge in [-0.1, -0.05) is 0 Å². The van der Waals surface area contributed by atoms with Crippen molar-refractivity contribution in [2.45, 2.75) is 19.3 Å². The first-order valence-electron chi connectivity index (χ1n) is 5.62. The zero-order valence-corrected chi connectivity index (χ0v) is 9.19. The summed E-state index contributed by atoms with van der Waals surface area (Å²) in [5, 5.41) is 4.22. The summed E-state index contributed by atoms with van der Waals surface area (Å²) in [7, 11) is 0. The van der Waals surface area contributed by atoms with Crippen LogP contribution in [0.4, 0.5) is 4.39 Å². The molecule has 0 amide bonds. The van der Waals surface area contributed by atoms with Crippen LogP contribution >= 0.6 is 0 Å². The molecule has 1 aromatic heterocycles. The molecule has 0 aliphatic heterocycles. The molecule has 0 N–H and O–H groups in total. The Balaban J connectivity index is 2.12. The minimum Gasteiger partial charge on any atom is -0.292 e. The summed E-state index contributed by atoms with van der Waals surface area (Å²) in [6.07, 6.45) is 4.08. The fraction of sp³-hybridized carbons (Fsp3) is 0.231. The van der Waals surface area contributed by atoms with Crippen LogP contribution in [0.1, 0.15) is 28.9 Å². The number of ketones is 1. The van der Waals surface area contributed by atoms with Crippen molar-refractivity contribution in [1.82, 2.24) is 9.78 Å². The second-order valence-corrected chi connectivity index (χ2v) is 4.18. The number of hydrogen-bond acceptors (Lipinski definition) is 2. The van der Waals surface area contributed by atoms with Crippen LogP contribution in [0.5, 0.6) is 0 Å². The number of nitrogens with zero attached hydrogens (tertiary/aromatic N) is 2. The Morgan fingerprint density at radius 3 is 2.71 bits per heavy atom. The van der Waals surface area contributed by atoms with Crippen LogP contribution in [-0.4, -0.2) is 15.6 Å². The van der Waals surface area contributed by atoms with Gasteiger partial charge in [0, 0.05) is 12.0 Å². The average Bonchev–Trinajstić information content (AvgIpc) is 2.75. The Bertz CT molecular complexity index is 572. The van der Waals surface area contributed by atoms with Crippen LogP contribution in [-0.2, 0) is 6.42 Å². The lowest BCUT2D eigenvalue weighted by Gasteiger charge is -2.12. The van der Waals surface area contributed by atoms with Gasteiger partial charge in [-0.2, -0.15) is 5.10 Å². The maximum absolute atomic E-state index is 12.8. The van der Waals surface area contributed by atoms with Crippen LogP contribution in [0.25, 0.3) is 5.69 Å². The van der Waals surface area contributed by atoms with Gasteiger partial charge in [0.2, 0.25) is 0 Å². The standard InChI is InChI=1S/C13H11FN2O/c14-10-4-6-11(7-5-10)16-13-9(8-15-16)2-1-3-12(13)17/h4-8H,1-3H2. The van der Waals surface area contributed by atoms with Crippen LogP contribution in [0, 0.1) is 5.82 Å². The first-order valence-corrected chi connectivity index (χ1v) is 5.62. The third-order valence-corrected chi connectivity index (χ3v) is 3.03. The van der Waals surface area contributed by atoms with Crippen molar-refractivity contribution < 1.29 is 9.18 Å². The number of Topliss-reactive ketones (excluding diaryl/α,β-unsaturated/α-hetero) is 1. The van der Waals surface area contributed by atoms with Crippen molar-refractivity contribution in [2.75, 3.05) is 0 Å². The maximum atomic E-state index is 12.8. The summed E-state index contributed by atoms with van der Waals surface area (Å²) < 4.78 is 14.5. The van der Waals surface area contributed by atoms with Gasteiger partial charge in [0.1, 0.15) is 11.5 Å². The highest BCUT2D eigenvalue weighted by Crippen LogP contribution is 2.23. The Kier molecular flexibility index (Phi) is 2.28. The Labute approximate surface area is 97.9 Å². The summed E-state index contributed by atoms with van der Waals surface area (Å²) in [5.41, 5.74) is 2.37. The molecule has 0 unspecified atom stereocenters. The van der Waals surface area contributed by atoms with Crippen LogP contribution in [0.3, 0.4) is 0 Å². The lowest BCUT2D eigenvalue weighted by Crippen LogP contribution is -2.14. The molecule has 4 heteroatoms.